The molecule has 17 heavy (non-hydrogen) atoms. The molecule has 0 amide bonds. The summed E-state index contributed by atoms with van der Waals surface area (Å²) in [4.78, 5) is 11.1. The van der Waals surface area contributed by atoms with Gasteiger partial charge in [-0.05, 0) is 38.0 Å². The van der Waals surface area contributed by atoms with Crippen LogP contribution in [0.1, 0.15) is 44.0 Å². The molecule has 1 rings (SSSR count). The van der Waals surface area contributed by atoms with Gasteiger partial charge in [0.1, 0.15) is 0 Å². The molecule has 0 heterocycles. The Hall–Kier alpha value is -1.71. The fraction of sp³-hybridized carbons (Fsp3) is 0.462. The van der Waals surface area contributed by atoms with Gasteiger partial charge < -0.3 is 16.2 Å². The molecule has 0 aliphatic carbocycles. The highest BCUT2D eigenvalue weighted by molar-refractivity contribution is 5.95. The number of carbonyl (C=O) groups is 1. The van der Waals surface area contributed by atoms with Crippen LogP contribution in [0.2, 0.25) is 0 Å². The maximum atomic E-state index is 11.1. The van der Waals surface area contributed by atoms with Gasteiger partial charge in [-0.3, -0.25) is 0 Å². The second kappa shape index (κ2) is 5.08. The van der Waals surface area contributed by atoms with Gasteiger partial charge in [-0.1, -0.05) is 13.8 Å². The molecule has 4 N–H and O–H groups in total. The Morgan fingerprint density at radius 2 is 2.00 bits per heavy atom. The van der Waals surface area contributed by atoms with Gasteiger partial charge in [-0.25, -0.2) is 4.79 Å². The van der Waals surface area contributed by atoms with Crippen molar-refractivity contribution in [3.63, 3.8) is 0 Å². The molecule has 0 aromatic heterocycles. The van der Waals surface area contributed by atoms with Crippen molar-refractivity contribution >= 4 is 17.3 Å². The predicted molar refractivity (Wildman–Crippen MR) is 70.4 cm³/mol. The molecule has 0 saturated heterocycles. The highest BCUT2D eigenvalue weighted by Crippen LogP contribution is 2.26. The molecule has 4 nitrogen and oxygen atoms in total. The van der Waals surface area contributed by atoms with Crippen LogP contribution in [0, 0.1) is 0 Å². The summed E-state index contributed by atoms with van der Waals surface area (Å²) in [6, 6.07) is 4.92. The number of nitrogens with one attached hydrogen (secondary N) is 1. The summed E-state index contributed by atoms with van der Waals surface area (Å²) in [6.45, 7) is 6.23. The van der Waals surface area contributed by atoms with E-state index in [0.717, 1.165) is 12.8 Å². The van der Waals surface area contributed by atoms with Gasteiger partial charge in [-0.2, -0.15) is 0 Å². The van der Waals surface area contributed by atoms with Crippen LogP contribution in [0.5, 0.6) is 0 Å². The van der Waals surface area contributed by atoms with Crippen molar-refractivity contribution in [2.45, 2.75) is 39.2 Å². The van der Waals surface area contributed by atoms with Crippen molar-refractivity contribution < 1.29 is 9.90 Å². The van der Waals surface area contributed by atoms with Gasteiger partial charge in [0, 0.05) is 16.9 Å². The molecule has 0 radical (unpaired) electrons. The Morgan fingerprint density at radius 1 is 1.41 bits per heavy atom. The van der Waals surface area contributed by atoms with E-state index in [0.29, 0.717) is 11.4 Å². The number of nitrogen functional groups attached to an aromatic ring is 1. The van der Waals surface area contributed by atoms with Crippen molar-refractivity contribution in [1.82, 2.24) is 0 Å². The van der Waals surface area contributed by atoms with Gasteiger partial charge in [-0.15, -0.1) is 0 Å². The Bertz CT molecular complexity index is 412. The molecule has 0 spiro atoms. The molecule has 1 aromatic carbocycles. The SMILES string of the molecule is CCC(C)(CC)Nc1ccc(N)cc1C(=O)O. The molecular weight excluding hydrogens is 216 g/mol. The zero-order valence-electron chi connectivity index (χ0n) is 10.6. The first kappa shape index (κ1) is 13.4. The monoisotopic (exact) mass is 236 g/mol. The fourth-order valence-electron chi connectivity index (χ4n) is 1.60. The van der Waals surface area contributed by atoms with Crippen molar-refractivity contribution in [1.29, 1.82) is 0 Å². The van der Waals surface area contributed by atoms with Crippen LogP contribution in [-0.4, -0.2) is 16.6 Å². The number of carboxylic acids is 1. The smallest absolute Gasteiger partial charge is 0.337 e. The molecule has 0 atom stereocenters. The summed E-state index contributed by atoms with van der Waals surface area (Å²) in [7, 11) is 0. The third kappa shape index (κ3) is 3.12. The summed E-state index contributed by atoms with van der Waals surface area (Å²) < 4.78 is 0. The normalized spacial score (nSPS) is 11.2. The van der Waals surface area contributed by atoms with E-state index in [1.54, 1.807) is 12.1 Å². The molecule has 4 heteroatoms. The molecule has 0 unspecified atom stereocenters. The summed E-state index contributed by atoms with van der Waals surface area (Å²) >= 11 is 0. The quantitative estimate of drug-likeness (QED) is 0.687. The molecule has 0 aliphatic rings. The Labute approximate surface area is 102 Å². The van der Waals surface area contributed by atoms with Crippen molar-refractivity contribution in [3.8, 4) is 0 Å². The number of anilines is 2. The third-order valence-electron chi connectivity index (χ3n) is 3.27. The molecular formula is C13H20N2O2. The van der Waals surface area contributed by atoms with Crippen molar-refractivity contribution in [2.75, 3.05) is 11.1 Å². The van der Waals surface area contributed by atoms with Gasteiger partial charge in [0.15, 0.2) is 0 Å². The lowest BCUT2D eigenvalue weighted by Crippen LogP contribution is -2.33. The van der Waals surface area contributed by atoms with Gasteiger partial charge in [0.05, 0.1) is 5.56 Å². The summed E-state index contributed by atoms with van der Waals surface area (Å²) in [5.74, 6) is -0.964. The molecule has 94 valence electrons. The minimum atomic E-state index is -0.964. The van der Waals surface area contributed by atoms with Gasteiger partial charge in [0.25, 0.3) is 0 Å². The number of carboxylic acid groups (broad SMARTS) is 1. The number of benzene rings is 1. The second-order valence-electron chi connectivity index (χ2n) is 4.50. The largest absolute Gasteiger partial charge is 0.478 e. The standard InChI is InChI=1S/C13H20N2O2/c1-4-13(3,5-2)15-11-7-6-9(14)8-10(11)12(16)17/h6-8,15H,4-5,14H2,1-3H3,(H,16,17). The van der Waals surface area contributed by atoms with Gasteiger partial charge in [0.2, 0.25) is 0 Å². The summed E-state index contributed by atoms with van der Waals surface area (Å²) in [5.41, 5.74) is 6.81. The highest BCUT2D eigenvalue weighted by atomic mass is 16.4. The van der Waals surface area contributed by atoms with Crippen molar-refractivity contribution in [3.05, 3.63) is 23.8 Å². The molecule has 1 aromatic rings. The predicted octanol–water partition coefficient (Wildman–Crippen LogP) is 2.96. The van der Waals surface area contributed by atoms with E-state index in [-0.39, 0.29) is 11.1 Å². The van der Waals surface area contributed by atoms with Crippen LogP contribution in [-0.2, 0) is 0 Å². The van der Waals surface area contributed by atoms with Crippen LogP contribution in [0.15, 0.2) is 18.2 Å². The van der Waals surface area contributed by atoms with E-state index in [1.807, 2.05) is 0 Å². The molecule has 0 bridgehead atoms. The highest BCUT2D eigenvalue weighted by Gasteiger charge is 2.21. The lowest BCUT2D eigenvalue weighted by Gasteiger charge is -2.30. The first-order chi connectivity index (χ1) is 7.91. The van der Waals surface area contributed by atoms with E-state index in [9.17, 15) is 4.79 Å². The molecule has 0 fully saturated rings. The lowest BCUT2D eigenvalue weighted by atomic mass is 9.94. The first-order valence-corrected chi connectivity index (χ1v) is 5.83. The number of hydrogen-bond donors (Lipinski definition) is 3. The Morgan fingerprint density at radius 3 is 2.47 bits per heavy atom. The minimum absolute atomic E-state index is 0.0969. The number of aromatic carboxylic acids is 1. The molecule has 0 saturated carbocycles. The average Bonchev–Trinajstić information content (AvgIpc) is 2.31. The second-order valence-corrected chi connectivity index (χ2v) is 4.50. The van der Waals surface area contributed by atoms with E-state index in [4.69, 9.17) is 10.8 Å². The van der Waals surface area contributed by atoms with E-state index >= 15 is 0 Å². The van der Waals surface area contributed by atoms with E-state index < -0.39 is 5.97 Å². The maximum Gasteiger partial charge on any atom is 0.337 e. The lowest BCUT2D eigenvalue weighted by molar-refractivity contribution is 0.0698. The average molecular weight is 236 g/mol. The first-order valence-electron chi connectivity index (χ1n) is 5.83. The summed E-state index contributed by atoms with van der Waals surface area (Å²) in [5, 5.41) is 12.4. The Kier molecular flexibility index (Phi) is 3.99. The fourth-order valence-corrected chi connectivity index (χ4v) is 1.60. The van der Waals surface area contributed by atoms with Crippen LogP contribution in [0.4, 0.5) is 11.4 Å². The van der Waals surface area contributed by atoms with Crippen LogP contribution >= 0.6 is 0 Å². The number of hydrogen-bond acceptors (Lipinski definition) is 3. The summed E-state index contributed by atoms with van der Waals surface area (Å²) in [6.07, 6.45) is 1.85. The zero-order chi connectivity index (χ0) is 13.1. The molecule has 0 aliphatic heterocycles. The minimum Gasteiger partial charge on any atom is -0.478 e. The zero-order valence-corrected chi connectivity index (χ0v) is 10.6. The Balaban J connectivity index is 3.10. The van der Waals surface area contributed by atoms with Crippen LogP contribution in [0.25, 0.3) is 0 Å². The van der Waals surface area contributed by atoms with Gasteiger partial charge >= 0.3 is 5.97 Å². The van der Waals surface area contributed by atoms with Crippen LogP contribution < -0.4 is 11.1 Å². The number of rotatable bonds is 5. The maximum absolute atomic E-state index is 11.1. The van der Waals surface area contributed by atoms with E-state index in [1.165, 1.54) is 6.07 Å². The van der Waals surface area contributed by atoms with E-state index in [2.05, 4.69) is 26.1 Å². The van der Waals surface area contributed by atoms with Crippen molar-refractivity contribution in [2.24, 2.45) is 0 Å². The number of nitrogens with two attached hydrogens (primary N) is 1. The van der Waals surface area contributed by atoms with Crippen LogP contribution in [0.3, 0.4) is 0 Å². The topological polar surface area (TPSA) is 75.3 Å². The third-order valence-corrected chi connectivity index (χ3v) is 3.27.